The van der Waals surface area contributed by atoms with Gasteiger partial charge in [0.1, 0.15) is 0 Å². The van der Waals surface area contributed by atoms with Crippen LogP contribution in [0.2, 0.25) is 0 Å². The monoisotopic (exact) mass is 252 g/mol. The van der Waals surface area contributed by atoms with Crippen LogP contribution in [0.15, 0.2) is 30.6 Å². The van der Waals surface area contributed by atoms with Gasteiger partial charge in [-0.2, -0.15) is 5.10 Å². The van der Waals surface area contributed by atoms with Gasteiger partial charge in [-0.15, -0.1) is 0 Å². The second kappa shape index (κ2) is 5.24. The molecule has 96 valence electrons. The summed E-state index contributed by atoms with van der Waals surface area (Å²) in [5, 5.41) is 4.05. The third-order valence-corrected chi connectivity index (χ3v) is 2.75. The van der Waals surface area contributed by atoms with Crippen LogP contribution in [0, 0.1) is 11.6 Å². The Morgan fingerprint density at radius 1 is 1.39 bits per heavy atom. The molecule has 1 heterocycles. The number of benzene rings is 1. The Labute approximate surface area is 103 Å². The molecule has 6 heteroatoms. The SMILES string of the molecule is Cn1cc(C(Cc2ccc(F)c(F)c2)NN)cn1. The van der Waals surface area contributed by atoms with Gasteiger partial charge in [0.2, 0.25) is 0 Å². The summed E-state index contributed by atoms with van der Waals surface area (Å²) >= 11 is 0. The van der Waals surface area contributed by atoms with Crippen LogP contribution >= 0.6 is 0 Å². The van der Waals surface area contributed by atoms with Gasteiger partial charge in [-0.1, -0.05) is 6.07 Å². The van der Waals surface area contributed by atoms with Crippen molar-refractivity contribution in [1.29, 1.82) is 0 Å². The van der Waals surface area contributed by atoms with Gasteiger partial charge < -0.3 is 0 Å². The Balaban J connectivity index is 2.17. The zero-order valence-electron chi connectivity index (χ0n) is 9.90. The lowest BCUT2D eigenvalue weighted by Gasteiger charge is -2.14. The molecule has 0 aliphatic rings. The number of halogens is 2. The van der Waals surface area contributed by atoms with Crippen LogP contribution in [0.5, 0.6) is 0 Å². The number of aromatic nitrogens is 2. The van der Waals surface area contributed by atoms with E-state index >= 15 is 0 Å². The van der Waals surface area contributed by atoms with E-state index in [0.29, 0.717) is 12.0 Å². The number of hydrogen-bond acceptors (Lipinski definition) is 3. The molecule has 2 rings (SSSR count). The second-order valence-corrected chi connectivity index (χ2v) is 4.12. The Morgan fingerprint density at radius 3 is 2.72 bits per heavy atom. The van der Waals surface area contributed by atoms with Crippen molar-refractivity contribution in [3.8, 4) is 0 Å². The van der Waals surface area contributed by atoms with Crippen LogP contribution < -0.4 is 11.3 Å². The smallest absolute Gasteiger partial charge is 0.159 e. The molecule has 4 nitrogen and oxygen atoms in total. The molecule has 0 fully saturated rings. The summed E-state index contributed by atoms with van der Waals surface area (Å²) in [6.07, 6.45) is 3.97. The molecular weight excluding hydrogens is 238 g/mol. The van der Waals surface area contributed by atoms with Gasteiger partial charge in [-0.05, 0) is 24.1 Å². The normalized spacial score (nSPS) is 12.7. The van der Waals surface area contributed by atoms with Crippen LogP contribution in [0.3, 0.4) is 0 Å². The lowest BCUT2D eigenvalue weighted by Crippen LogP contribution is -2.29. The average molecular weight is 252 g/mol. The first-order chi connectivity index (χ1) is 8.60. The van der Waals surface area contributed by atoms with Gasteiger partial charge in [-0.3, -0.25) is 16.0 Å². The maximum atomic E-state index is 13.1. The van der Waals surface area contributed by atoms with Gasteiger partial charge in [0.15, 0.2) is 11.6 Å². The summed E-state index contributed by atoms with van der Waals surface area (Å²) in [6.45, 7) is 0. The van der Waals surface area contributed by atoms with E-state index in [-0.39, 0.29) is 6.04 Å². The molecule has 0 radical (unpaired) electrons. The minimum absolute atomic E-state index is 0.191. The number of nitrogens with one attached hydrogen (secondary N) is 1. The topological polar surface area (TPSA) is 55.9 Å². The van der Waals surface area contributed by atoms with Crippen LogP contribution in [0.25, 0.3) is 0 Å². The van der Waals surface area contributed by atoms with Crippen molar-refractivity contribution in [2.75, 3.05) is 0 Å². The van der Waals surface area contributed by atoms with Crippen LogP contribution in [-0.2, 0) is 13.5 Å². The number of hydrogen-bond donors (Lipinski definition) is 2. The third-order valence-electron chi connectivity index (χ3n) is 2.75. The van der Waals surface area contributed by atoms with E-state index in [1.807, 2.05) is 6.20 Å². The molecule has 1 unspecified atom stereocenters. The van der Waals surface area contributed by atoms with Crippen LogP contribution in [-0.4, -0.2) is 9.78 Å². The van der Waals surface area contributed by atoms with Crippen molar-refractivity contribution in [3.05, 3.63) is 53.4 Å². The minimum atomic E-state index is -0.852. The fraction of sp³-hybridized carbons (Fsp3) is 0.250. The zero-order chi connectivity index (χ0) is 13.1. The zero-order valence-corrected chi connectivity index (χ0v) is 9.90. The predicted octanol–water partition coefficient (Wildman–Crippen LogP) is 1.45. The van der Waals surface area contributed by atoms with Gasteiger partial charge in [0.25, 0.3) is 0 Å². The maximum absolute atomic E-state index is 13.1. The second-order valence-electron chi connectivity index (χ2n) is 4.12. The van der Waals surface area contributed by atoms with E-state index in [1.54, 1.807) is 24.0 Å². The third kappa shape index (κ3) is 2.72. The highest BCUT2D eigenvalue weighted by molar-refractivity contribution is 5.22. The molecular formula is C12H14F2N4. The Bertz CT molecular complexity index is 539. The maximum Gasteiger partial charge on any atom is 0.159 e. The lowest BCUT2D eigenvalue weighted by atomic mass is 10.0. The van der Waals surface area contributed by atoms with Gasteiger partial charge >= 0.3 is 0 Å². The molecule has 0 bridgehead atoms. The molecule has 0 aliphatic carbocycles. The van der Waals surface area contributed by atoms with Crippen molar-refractivity contribution in [2.24, 2.45) is 12.9 Å². The molecule has 0 saturated heterocycles. The number of nitrogens with zero attached hydrogens (tertiary/aromatic N) is 2. The van der Waals surface area contributed by atoms with Gasteiger partial charge in [0.05, 0.1) is 12.2 Å². The van der Waals surface area contributed by atoms with E-state index in [2.05, 4.69) is 10.5 Å². The van der Waals surface area contributed by atoms with Gasteiger partial charge in [0, 0.05) is 18.8 Å². The van der Waals surface area contributed by atoms with Crippen molar-refractivity contribution >= 4 is 0 Å². The fourth-order valence-corrected chi connectivity index (χ4v) is 1.80. The Hall–Kier alpha value is -1.79. The molecule has 3 N–H and O–H groups in total. The van der Waals surface area contributed by atoms with Crippen LogP contribution in [0.1, 0.15) is 17.2 Å². The molecule has 1 aromatic heterocycles. The summed E-state index contributed by atoms with van der Waals surface area (Å²) in [7, 11) is 1.80. The first-order valence-electron chi connectivity index (χ1n) is 5.48. The molecule has 0 aliphatic heterocycles. The van der Waals surface area contributed by atoms with Crippen molar-refractivity contribution in [3.63, 3.8) is 0 Å². The van der Waals surface area contributed by atoms with E-state index in [9.17, 15) is 8.78 Å². The van der Waals surface area contributed by atoms with Crippen molar-refractivity contribution in [1.82, 2.24) is 15.2 Å². The Kier molecular flexibility index (Phi) is 3.69. The fourth-order valence-electron chi connectivity index (χ4n) is 1.80. The van der Waals surface area contributed by atoms with E-state index in [1.165, 1.54) is 6.07 Å². The van der Waals surface area contributed by atoms with Crippen molar-refractivity contribution in [2.45, 2.75) is 12.5 Å². The highest BCUT2D eigenvalue weighted by atomic mass is 19.2. The number of rotatable bonds is 4. The molecule has 0 spiro atoms. The molecule has 18 heavy (non-hydrogen) atoms. The van der Waals surface area contributed by atoms with Crippen LogP contribution in [0.4, 0.5) is 8.78 Å². The molecule has 1 atom stereocenters. The number of nitrogens with two attached hydrogens (primary N) is 1. The number of hydrazine groups is 1. The van der Waals surface area contributed by atoms with Gasteiger partial charge in [-0.25, -0.2) is 8.78 Å². The quantitative estimate of drug-likeness (QED) is 0.639. The number of aryl methyl sites for hydroxylation is 1. The predicted molar refractivity (Wildman–Crippen MR) is 63.3 cm³/mol. The summed E-state index contributed by atoms with van der Waals surface area (Å²) in [5.41, 5.74) is 4.21. The largest absolute Gasteiger partial charge is 0.275 e. The average Bonchev–Trinajstić information content (AvgIpc) is 2.77. The summed E-state index contributed by atoms with van der Waals surface area (Å²) in [4.78, 5) is 0. The van der Waals surface area contributed by atoms with E-state index in [4.69, 9.17) is 5.84 Å². The molecule has 2 aromatic rings. The van der Waals surface area contributed by atoms with Crippen molar-refractivity contribution < 1.29 is 8.78 Å². The van der Waals surface area contributed by atoms with E-state index in [0.717, 1.165) is 11.6 Å². The molecule has 0 saturated carbocycles. The lowest BCUT2D eigenvalue weighted by molar-refractivity contribution is 0.502. The minimum Gasteiger partial charge on any atom is -0.275 e. The summed E-state index contributed by atoms with van der Waals surface area (Å²) in [6, 6.07) is 3.64. The standard InChI is InChI=1S/C12H14F2N4/c1-18-7-9(6-16-18)12(17-15)5-8-2-3-10(13)11(14)4-8/h2-4,6-7,12,17H,5,15H2,1H3. The highest BCUT2D eigenvalue weighted by Crippen LogP contribution is 2.18. The summed E-state index contributed by atoms with van der Waals surface area (Å²) < 4.78 is 27.6. The highest BCUT2D eigenvalue weighted by Gasteiger charge is 2.13. The first-order valence-corrected chi connectivity index (χ1v) is 5.48. The first kappa shape index (κ1) is 12.7. The van der Waals surface area contributed by atoms with E-state index < -0.39 is 11.6 Å². The molecule has 1 aromatic carbocycles. The molecule has 0 amide bonds. The Morgan fingerprint density at radius 2 is 2.17 bits per heavy atom. The summed E-state index contributed by atoms with van der Waals surface area (Å²) in [5.74, 6) is 3.77.